The van der Waals surface area contributed by atoms with E-state index in [4.69, 9.17) is 14.7 Å². The predicted molar refractivity (Wildman–Crippen MR) is 149 cm³/mol. The number of esters is 1. The molecule has 0 saturated heterocycles. The van der Waals surface area contributed by atoms with Crippen LogP contribution in [0.3, 0.4) is 0 Å². The lowest BCUT2D eigenvalue weighted by Gasteiger charge is -2.20. The summed E-state index contributed by atoms with van der Waals surface area (Å²) in [5, 5.41) is 12.8. The second-order valence-corrected chi connectivity index (χ2v) is 10.8. The summed E-state index contributed by atoms with van der Waals surface area (Å²) in [6, 6.07) is 16.6. The molecular weight excluding hydrogens is 510 g/mol. The van der Waals surface area contributed by atoms with E-state index >= 15 is 0 Å². The molecule has 212 valence electrons. The van der Waals surface area contributed by atoms with Gasteiger partial charge in [0.15, 0.2) is 0 Å². The first-order chi connectivity index (χ1) is 19.2. The molecule has 1 aromatic heterocycles. The third kappa shape index (κ3) is 6.59. The molecule has 1 heterocycles. The van der Waals surface area contributed by atoms with Crippen LogP contribution in [0.25, 0.3) is 10.9 Å². The molecular formula is C31H37N3O6. The van der Waals surface area contributed by atoms with Crippen molar-refractivity contribution in [2.75, 3.05) is 6.61 Å². The predicted octanol–water partition coefficient (Wildman–Crippen LogP) is 4.27. The topological polar surface area (TPSA) is 127 Å². The molecule has 40 heavy (non-hydrogen) atoms. The van der Waals surface area contributed by atoms with Crippen LogP contribution >= 0.6 is 0 Å². The number of fused-ring (bicyclic) bond motifs is 1. The minimum atomic E-state index is -1.01. The van der Waals surface area contributed by atoms with E-state index in [1.807, 2.05) is 75.4 Å². The first-order valence-corrected chi connectivity index (χ1v) is 13.7. The summed E-state index contributed by atoms with van der Waals surface area (Å²) in [7, 11) is 0. The number of amides is 2. The molecule has 1 aliphatic rings. The molecule has 9 heteroatoms. The highest BCUT2D eigenvalue weighted by Gasteiger charge is 2.64. The van der Waals surface area contributed by atoms with Crippen LogP contribution in [-0.2, 0) is 32.1 Å². The molecule has 9 nitrogen and oxygen atoms in total. The van der Waals surface area contributed by atoms with Gasteiger partial charge in [0.05, 0.1) is 23.5 Å². The monoisotopic (exact) mass is 547 g/mol. The first-order valence-electron chi connectivity index (χ1n) is 13.7. The van der Waals surface area contributed by atoms with Crippen molar-refractivity contribution in [2.45, 2.75) is 59.6 Å². The Hall–Kier alpha value is -3.98. The Bertz CT molecular complexity index is 1370. The summed E-state index contributed by atoms with van der Waals surface area (Å²) >= 11 is 0. The Labute approximate surface area is 234 Å². The molecule has 0 unspecified atom stereocenters. The maximum atomic E-state index is 13.1. The summed E-state index contributed by atoms with van der Waals surface area (Å²) in [5.41, 5.74) is 4.38. The normalized spacial score (nSPS) is 18.7. The van der Waals surface area contributed by atoms with Crippen LogP contribution in [-0.4, -0.2) is 40.6 Å². The van der Waals surface area contributed by atoms with Crippen LogP contribution in [0.2, 0.25) is 0 Å². The number of nitrogens with zero attached hydrogens (tertiary/aromatic N) is 1. The van der Waals surface area contributed by atoms with E-state index in [9.17, 15) is 14.4 Å². The lowest BCUT2D eigenvalue weighted by molar-refractivity contribution is -0.151. The minimum Gasteiger partial charge on any atom is -0.489 e. The summed E-state index contributed by atoms with van der Waals surface area (Å²) in [6.07, 6.45) is 0.993. The van der Waals surface area contributed by atoms with Gasteiger partial charge in [-0.15, -0.1) is 0 Å². The summed E-state index contributed by atoms with van der Waals surface area (Å²) < 4.78 is 11.4. The Morgan fingerprint density at radius 2 is 1.85 bits per heavy atom. The van der Waals surface area contributed by atoms with E-state index in [-0.39, 0.29) is 12.5 Å². The van der Waals surface area contributed by atoms with Crippen molar-refractivity contribution in [1.82, 2.24) is 15.8 Å². The highest BCUT2D eigenvalue weighted by molar-refractivity contribution is 5.96. The number of hydroxylamine groups is 1. The third-order valence-corrected chi connectivity index (χ3v) is 7.29. The molecule has 1 fully saturated rings. The van der Waals surface area contributed by atoms with Crippen molar-refractivity contribution in [3.05, 3.63) is 71.4 Å². The van der Waals surface area contributed by atoms with E-state index in [2.05, 4.69) is 10.3 Å². The van der Waals surface area contributed by atoms with E-state index in [1.54, 1.807) is 12.4 Å². The number of aryl methyl sites for hydroxylation is 1. The van der Waals surface area contributed by atoms with Gasteiger partial charge in [0, 0.05) is 16.6 Å². The summed E-state index contributed by atoms with van der Waals surface area (Å²) in [5.74, 6) is -1.35. The number of rotatable bonds is 12. The fourth-order valence-corrected chi connectivity index (χ4v) is 5.21. The van der Waals surface area contributed by atoms with E-state index in [0.717, 1.165) is 27.7 Å². The molecule has 2 aromatic carbocycles. The Morgan fingerprint density at radius 1 is 1.12 bits per heavy atom. The second-order valence-electron chi connectivity index (χ2n) is 10.8. The summed E-state index contributed by atoms with van der Waals surface area (Å²) in [6.45, 7) is 8.11. The third-order valence-electron chi connectivity index (χ3n) is 7.29. The van der Waals surface area contributed by atoms with Gasteiger partial charge in [-0.05, 0) is 68.9 Å². The van der Waals surface area contributed by atoms with Crippen LogP contribution in [0.1, 0.15) is 50.4 Å². The molecule has 3 atom stereocenters. The van der Waals surface area contributed by atoms with Crippen molar-refractivity contribution < 1.29 is 29.1 Å². The molecule has 3 N–H and O–H groups in total. The number of nitrogens with one attached hydrogen (secondary N) is 2. The minimum absolute atomic E-state index is 0.110. The van der Waals surface area contributed by atoms with E-state index in [0.29, 0.717) is 31.6 Å². The van der Waals surface area contributed by atoms with Gasteiger partial charge in [0.1, 0.15) is 18.4 Å². The zero-order valence-corrected chi connectivity index (χ0v) is 23.4. The maximum Gasteiger partial charge on any atom is 0.313 e. The largest absolute Gasteiger partial charge is 0.489 e. The molecule has 1 aliphatic carbocycles. The highest BCUT2D eigenvalue weighted by atomic mass is 16.5. The number of benzene rings is 2. The summed E-state index contributed by atoms with van der Waals surface area (Å²) in [4.78, 5) is 42.8. The number of hydrogen-bond donors (Lipinski definition) is 3. The van der Waals surface area contributed by atoms with Gasteiger partial charge in [0.2, 0.25) is 5.91 Å². The second kappa shape index (κ2) is 12.5. The molecule has 2 amide bonds. The molecule has 1 saturated carbocycles. The van der Waals surface area contributed by atoms with Crippen LogP contribution in [0.5, 0.6) is 5.75 Å². The van der Waals surface area contributed by atoms with Gasteiger partial charge in [-0.3, -0.25) is 24.6 Å². The van der Waals surface area contributed by atoms with Crippen molar-refractivity contribution >= 4 is 28.7 Å². The molecule has 0 bridgehead atoms. The number of carbonyl (C=O) groups excluding carboxylic acids is 3. The quantitative estimate of drug-likeness (QED) is 0.176. The van der Waals surface area contributed by atoms with Gasteiger partial charge >= 0.3 is 5.97 Å². The van der Waals surface area contributed by atoms with E-state index < -0.39 is 35.2 Å². The SMILES string of the molecule is CCOC(=O)[C@@]1(Cc2ccc(OCc3cc(C)nc4ccccc34)cc2)C[C@@H]1C(=O)N[C@@H](CC(C)C)C(=O)NO. The lowest BCUT2D eigenvalue weighted by atomic mass is 9.93. The number of carbonyl (C=O) groups is 3. The highest BCUT2D eigenvalue weighted by Crippen LogP contribution is 2.56. The fourth-order valence-electron chi connectivity index (χ4n) is 5.21. The Morgan fingerprint density at radius 3 is 2.52 bits per heavy atom. The van der Waals surface area contributed by atoms with Crippen molar-refractivity contribution in [3.63, 3.8) is 0 Å². The average molecular weight is 548 g/mol. The van der Waals surface area contributed by atoms with Crippen molar-refractivity contribution in [1.29, 1.82) is 0 Å². The van der Waals surface area contributed by atoms with Crippen LogP contribution < -0.4 is 15.5 Å². The van der Waals surface area contributed by atoms with Gasteiger partial charge in [0.25, 0.3) is 5.91 Å². The zero-order chi connectivity index (χ0) is 28.9. The lowest BCUT2D eigenvalue weighted by Crippen LogP contribution is -2.47. The number of aromatic nitrogens is 1. The molecule has 0 radical (unpaired) electrons. The molecule has 4 rings (SSSR count). The van der Waals surface area contributed by atoms with Gasteiger partial charge in [-0.25, -0.2) is 5.48 Å². The zero-order valence-electron chi connectivity index (χ0n) is 23.4. The van der Waals surface area contributed by atoms with Gasteiger partial charge in [-0.1, -0.05) is 44.2 Å². The van der Waals surface area contributed by atoms with Crippen LogP contribution in [0, 0.1) is 24.2 Å². The van der Waals surface area contributed by atoms with Crippen LogP contribution in [0.15, 0.2) is 54.6 Å². The first kappa shape index (κ1) is 29.0. The number of para-hydroxylation sites is 1. The molecule has 3 aromatic rings. The Kier molecular flexibility index (Phi) is 9.04. The molecule has 0 spiro atoms. The Balaban J connectivity index is 1.44. The average Bonchev–Trinajstić information content (AvgIpc) is 3.67. The number of hydrogen-bond acceptors (Lipinski definition) is 7. The standard InChI is InChI=1S/C31H37N3O6/c1-5-39-30(37)31(17-25(31)28(35)33-27(14-19(2)3)29(36)34-38)16-21-10-12-23(13-11-21)40-18-22-15-20(4)32-26-9-7-6-8-24(22)26/h6-13,15,19,25,27,38H,5,14,16-18H2,1-4H3,(H,33,35)(H,34,36)/t25-,27+,31+/m1/s1. The number of ether oxygens (including phenoxy) is 2. The van der Waals surface area contributed by atoms with Gasteiger partial charge in [-0.2, -0.15) is 0 Å². The van der Waals surface area contributed by atoms with Crippen LogP contribution in [0.4, 0.5) is 0 Å². The number of pyridine rings is 1. The molecule has 0 aliphatic heterocycles. The maximum absolute atomic E-state index is 13.1. The smallest absolute Gasteiger partial charge is 0.313 e. The van der Waals surface area contributed by atoms with E-state index in [1.165, 1.54) is 0 Å². The van der Waals surface area contributed by atoms with Crippen molar-refractivity contribution in [2.24, 2.45) is 17.3 Å². The van der Waals surface area contributed by atoms with Crippen molar-refractivity contribution in [3.8, 4) is 5.75 Å². The van der Waals surface area contributed by atoms with Gasteiger partial charge < -0.3 is 14.8 Å². The fraction of sp³-hybridized carbons (Fsp3) is 0.419.